The molecule has 234 valence electrons. The fourth-order valence-corrected chi connectivity index (χ4v) is 5.53. The number of nitrogens with zero attached hydrogens (tertiary/aromatic N) is 2. The number of nitrogens with two attached hydrogens (primary N) is 1. The van der Waals surface area contributed by atoms with Gasteiger partial charge in [-0.15, -0.1) is 0 Å². The van der Waals surface area contributed by atoms with E-state index in [0.29, 0.717) is 72.9 Å². The van der Waals surface area contributed by atoms with E-state index in [2.05, 4.69) is 28.9 Å². The fraction of sp³-hybridized carbons (Fsp3) is 0.400. The normalized spacial score (nSPS) is 13.9. The number of nitrogen functional groups attached to an aromatic ring is 1. The minimum absolute atomic E-state index is 0.0338. The van der Waals surface area contributed by atoms with Crippen molar-refractivity contribution in [2.24, 2.45) is 0 Å². The van der Waals surface area contributed by atoms with Gasteiger partial charge >= 0.3 is 0 Å². The number of halogens is 2. The molecule has 1 atom stereocenters. The van der Waals surface area contributed by atoms with E-state index in [-0.39, 0.29) is 5.91 Å². The Kier molecular flexibility index (Phi) is 13.8. The molecule has 3 aromatic carbocycles. The summed E-state index contributed by atoms with van der Waals surface area (Å²) in [6.07, 6.45) is 3.35. The Hall–Kier alpha value is -3.09. The van der Waals surface area contributed by atoms with Gasteiger partial charge in [-0.25, -0.2) is 0 Å². The molecular weight excluding hydrogens is 597 g/mol. The molecule has 1 aliphatic rings. The first kappa shape index (κ1) is 33.8. The van der Waals surface area contributed by atoms with E-state index in [1.54, 1.807) is 12.1 Å². The molecule has 0 aromatic heterocycles. The quantitative estimate of drug-likeness (QED) is 0.124. The molecule has 1 saturated heterocycles. The monoisotopic (exact) mass is 637 g/mol. The van der Waals surface area contributed by atoms with Crippen LogP contribution in [0.2, 0.25) is 10.0 Å². The topological polar surface area (TPSA) is 88.3 Å². The number of aliphatic hydroxyl groups excluding tert-OH is 1. The van der Waals surface area contributed by atoms with Crippen LogP contribution < -0.4 is 5.73 Å². The molecule has 0 aliphatic carbocycles. The first-order chi connectivity index (χ1) is 21.4. The minimum Gasteiger partial charge on any atom is -0.396 e. The lowest BCUT2D eigenvalue weighted by atomic mass is 10.1. The Morgan fingerprint density at radius 1 is 1.00 bits per heavy atom. The van der Waals surface area contributed by atoms with Gasteiger partial charge in [0.2, 0.25) is 0 Å². The van der Waals surface area contributed by atoms with Crippen LogP contribution >= 0.6 is 23.2 Å². The molecule has 3 N–H and O–H groups in total. The Bertz CT molecular complexity index is 1360. The Labute approximate surface area is 270 Å². The zero-order valence-corrected chi connectivity index (χ0v) is 26.5. The Morgan fingerprint density at radius 3 is 2.39 bits per heavy atom. The Balaban J connectivity index is 1.14. The van der Waals surface area contributed by atoms with Crippen molar-refractivity contribution in [1.29, 1.82) is 0 Å². The summed E-state index contributed by atoms with van der Waals surface area (Å²) in [5.74, 6) is 6.19. The highest BCUT2D eigenvalue weighted by Crippen LogP contribution is 2.31. The summed E-state index contributed by atoms with van der Waals surface area (Å²) in [6.45, 7) is 5.52. The fourth-order valence-electron chi connectivity index (χ4n) is 5.02. The lowest BCUT2D eigenvalue weighted by molar-refractivity contribution is 0.0303. The van der Waals surface area contributed by atoms with E-state index < -0.39 is 6.10 Å². The van der Waals surface area contributed by atoms with E-state index in [4.69, 9.17) is 38.4 Å². The molecule has 9 heteroatoms. The number of aliphatic hydroxyl groups is 1. The second-order valence-electron chi connectivity index (χ2n) is 10.9. The molecule has 1 fully saturated rings. The molecule has 1 unspecified atom stereocenters. The molecule has 1 aliphatic heterocycles. The van der Waals surface area contributed by atoms with Crippen LogP contribution in [0.4, 0.5) is 5.69 Å². The summed E-state index contributed by atoms with van der Waals surface area (Å²) < 4.78 is 11.0. The number of anilines is 1. The van der Waals surface area contributed by atoms with Gasteiger partial charge in [0.25, 0.3) is 5.91 Å². The summed E-state index contributed by atoms with van der Waals surface area (Å²) in [5, 5.41) is 11.7. The number of amides is 1. The highest BCUT2D eigenvalue weighted by molar-refractivity contribution is 6.38. The van der Waals surface area contributed by atoms with Crippen LogP contribution in [0.3, 0.4) is 0 Å². The standard InChI is InChI=1S/C35H41Cl2N3O4/c36-31-23-30(24-32(37)34(31)38)33(41)26-39(25-28-9-4-3-5-10-28)16-6-1-2-7-19-43-20-8-11-27-12-14-29(15-13-27)35(42)40-17-21-44-22-18-40/h3-5,9-10,12-15,23-24,33,41H,1-2,6-7,16-22,25-26,38H2. The van der Waals surface area contributed by atoms with E-state index >= 15 is 0 Å². The highest BCUT2D eigenvalue weighted by atomic mass is 35.5. The predicted molar refractivity (Wildman–Crippen MR) is 177 cm³/mol. The van der Waals surface area contributed by atoms with Crippen molar-refractivity contribution >= 4 is 34.8 Å². The summed E-state index contributed by atoms with van der Waals surface area (Å²) in [7, 11) is 0. The third kappa shape index (κ3) is 10.8. The lowest BCUT2D eigenvalue weighted by Gasteiger charge is -2.26. The SMILES string of the molecule is Nc1c(Cl)cc(C(O)CN(CCCCCCOCC#Cc2ccc(C(=O)N3CCOCC3)cc2)Cc2ccccc2)cc1Cl. The van der Waals surface area contributed by atoms with Gasteiger partial charge in [0.15, 0.2) is 0 Å². The van der Waals surface area contributed by atoms with E-state index in [0.717, 1.165) is 44.3 Å². The first-order valence-electron chi connectivity index (χ1n) is 15.1. The third-order valence-electron chi connectivity index (χ3n) is 7.52. The first-order valence-corrected chi connectivity index (χ1v) is 15.9. The van der Waals surface area contributed by atoms with Crippen LogP contribution in [0.1, 0.15) is 58.8 Å². The lowest BCUT2D eigenvalue weighted by Crippen LogP contribution is -2.40. The number of rotatable bonds is 14. The van der Waals surface area contributed by atoms with Crippen LogP contribution in [-0.4, -0.2) is 73.4 Å². The average molecular weight is 639 g/mol. The minimum atomic E-state index is -0.737. The molecule has 1 amide bonds. The van der Waals surface area contributed by atoms with Crippen molar-refractivity contribution in [3.63, 3.8) is 0 Å². The number of hydrogen-bond acceptors (Lipinski definition) is 6. The van der Waals surface area contributed by atoms with E-state index in [1.165, 1.54) is 5.56 Å². The number of morpholine rings is 1. The van der Waals surface area contributed by atoms with Crippen molar-refractivity contribution < 1.29 is 19.4 Å². The van der Waals surface area contributed by atoms with Gasteiger partial charge in [0, 0.05) is 43.9 Å². The zero-order chi connectivity index (χ0) is 31.1. The number of carbonyl (C=O) groups is 1. The van der Waals surface area contributed by atoms with Crippen LogP contribution in [0.15, 0.2) is 66.7 Å². The van der Waals surface area contributed by atoms with Gasteiger partial charge in [0.05, 0.1) is 35.1 Å². The molecule has 44 heavy (non-hydrogen) atoms. The van der Waals surface area contributed by atoms with Crippen molar-refractivity contribution in [2.45, 2.75) is 38.3 Å². The molecule has 0 spiro atoms. The molecule has 0 radical (unpaired) electrons. The largest absolute Gasteiger partial charge is 0.396 e. The molecule has 0 bridgehead atoms. The number of unbranched alkanes of at least 4 members (excludes halogenated alkanes) is 3. The maximum atomic E-state index is 12.6. The van der Waals surface area contributed by atoms with Gasteiger partial charge in [-0.3, -0.25) is 9.69 Å². The van der Waals surface area contributed by atoms with Crippen LogP contribution in [-0.2, 0) is 16.0 Å². The van der Waals surface area contributed by atoms with Crippen LogP contribution in [0.5, 0.6) is 0 Å². The summed E-state index contributed by atoms with van der Waals surface area (Å²) in [6, 6.07) is 21.0. The zero-order valence-electron chi connectivity index (χ0n) is 25.0. The maximum absolute atomic E-state index is 12.6. The van der Waals surface area contributed by atoms with Crippen molar-refractivity contribution in [3.8, 4) is 11.8 Å². The van der Waals surface area contributed by atoms with Gasteiger partial charge < -0.3 is 25.2 Å². The molecule has 4 rings (SSSR count). The molecular formula is C35H41Cl2N3O4. The number of hydrogen-bond donors (Lipinski definition) is 2. The van der Waals surface area contributed by atoms with E-state index in [9.17, 15) is 9.90 Å². The predicted octanol–water partition coefficient (Wildman–Crippen LogP) is 6.21. The maximum Gasteiger partial charge on any atom is 0.254 e. The second-order valence-corrected chi connectivity index (χ2v) is 11.7. The van der Waals surface area contributed by atoms with Gasteiger partial charge in [0.1, 0.15) is 6.61 Å². The summed E-state index contributed by atoms with van der Waals surface area (Å²) in [4.78, 5) is 16.6. The van der Waals surface area contributed by atoms with Gasteiger partial charge in [-0.05, 0) is 66.9 Å². The summed E-state index contributed by atoms with van der Waals surface area (Å²) >= 11 is 12.4. The van der Waals surface area contributed by atoms with Crippen molar-refractivity contribution in [2.75, 3.05) is 58.3 Å². The number of carbonyl (C=O) groups excluding carboxylic acids is 1. The Morgan fingerprint density at radius 2 is 1.68 bits per heavy atom. The van der Waals surface area contributed by atoms with E-state index in [1.807, 2.05) is 47.4 Å². The average Bonchev–Trinajstić information content (AvgIpc) is 3.05. The molecule has 3 aromatic rings. The smallest absolute Gasteiger partial charge is 0.254 e. The van der Waals surface area contributed by atoms with Crippen molar-refractivity contribution in [1.82, 2.24) is 9.80 Å². The van der Waals surface area contributed by atoms with Gasteiger partial charge in [-0.2, -0.15) is 0 Å². The van der Waals surface area contributed by atoms with Crippen LogP contribution in [0.25, 0.3) is 0 Å². The van der Waals surface area contributed by atoms with Crippen LogP contribution in [0, 0.1) is 11.8 Å². The van der Waals surface area contributed by atoms with Gasteiger partial charge in [-0.1, -0.05) is 78.2 Å². The number of ether oxygens (including phenoxy) is 2. The molecule has 7 nitrogen and oxygen atoms in total. The molecule has 1 heterocycles. The van der Waals surface area contributed by atoms with Crippen molar-refractivity contribution in [3.05, 3.63) is 99.0 Å². The number of benzene rings is 3. The second kappa shape index (κ2) is 18.0. The molecule has 0 saturated carbocycles. The highest BCUT2D eigenvalue weighted by Gasteiger charge is 2.18. The summed E-state index contributed by atoms with van der Waals surface area (Å²) in [5.41, 5.74) is 9.57. The third-order valence-corrected chi connectivity index (χ3v) is 8.14.